The van der Waals surface area contributed by atoms with Crippen molar-refractivity contribution in [2.24, 2.45) is 0 Å². The molecule has 7 heteroatoms. The molecule has 0 saturated heterocycles. The zero-order valence-electron chi connectivity index (χ0n) is 9.88. The summed E-state index contributed by atoms with van der Waals surface area (Å²) >= 11 is 0. The van der Waals surface area contributed by atoms with Gasteiger partial charge in [0.1, 0.15) is 5.82 Å². The molecule has 0 aromatic heterocycles. The van der Waals surface area contributed by atoms with Gasteiger partial charge in [0.15, 0.2) is 15.9 Å². The van der Waals surface area contributed by atoms with Crippen LogP contribution in [0.3, 0.4) is 0 Å². The van der Waals surface area contributed by atoms with E-state index in [1.54, 1.807) is 6.92 Å². The molecule has 0 fully saturated rings. The molecule has 0 aliphatic rings. The van der Waals surface area contributed by atoms with Gasteiger partial charge < -0.3 is 9.84 Å². The van der Waals surface area contributed by atoms with E-state index in [9.17, 15) is 22.7 Å². The third-order valence-corrected chi connectivity index (χ3v) is 3.31. The second-order valence-corrected chi connectivity index (χ2v) is 5.63. The molecule has 18 heavy (non-hydrogen) atoms. The van der Waals surface area contributed by atoms with Gasteiger partial charge in [-0.15, -0.1) is 0 Å². The molecule has 0 radical (unpaired) electrons. The predicted octanol–water partition coefficient (Wildman–Crippen LogP) is 0.826. The molecule has 0 heterocycles. The Morgan fingerprint density at radius 1 is 1.50 bits per heavy atom. The molecule has 100 valence electrons. The van der Waals surface area contributed by atoms with E-state index in [2.05, 4.69) is 4.74 Å². The lowest BCUT2D eigenvalue weighted by molar-refractivity contribution is -0.153. The van der Waals surface area contributed by atoms with Crippen LogP contribution in [-0.2, 0) is 19.4 Å². The highest BCUT2D eigenvalue weighted by atomic mass is 32.2. The Morgan fingerprint density at radius 2 is 2.11 bits per heavy atom. The van der Waals surface area contributed by atoms with Gasteiger partial charge in [-0.2, -0.15) is 0 Å². The summed E-state index contributed by atoms with van der Waals surface area (Å²) in [6.07, 6.45) is -0.831. The molecular weight excluding hydrogens is 263 g/mol. The number of sulfone groups is 1. The van der Waals surface area contributed by atoms with E-state index in [4.69, 9.17) is 0 Å². The van der Waals surface area contributed by atoms with Crippen LogP contribution >= 0.6 is 0 Å². The van der Waals surface area contributed by atoms with Crippen molar-refractivity contribution in [3.8, 4) is 0 Å². The number of hydrogen-bond donors (Lipinski definition) is 1. The van der Waals surface area contributed by atoms with E-state index >= 15 is 0 Å². The summed E-state index contributed by atoms with van der Waals surface area (Å²) in [5, 5.41) is 9.53. The van der Waals surface area contributed by atoms with Crippen molar-refractivity contribution in [1.29, 1.82) is 0 Å². The van der Waals surface area contributed by atoms with E-state index < -0.39 is 27.7 Å². The monoisotopic (exact) mass is 276 g/mol. The Kier molecular flexibility index (Phi) is 4.42. The van der Waals surface area contributed by atoms with Crippen molar-refractivity contribution in [2.75, 3.05) is 12.9 Å². The quantitative estimate of drug-likeness (QED) is 0.824. The fourth-order valence-corrected chi connectivity index (χ4v) is 1.94. The molecule has 1 aromatic carbocycles. The molecule has 1 atom stereocenters. The largest absolute Gasteiger partial charge is 0.464 e. The minimum absolute atomic E-state index is 0.0545. The second-order valence-electron chi connectivity index (χ2n) is 3.61. The summed E-state index contributed by atoms with van der Waals surface area (Å²) in [5.41, 5.74) is -0.319. The van der Waals surface area contributed by atoms with Gasteiger partial charge in [0.05, 0.1) is 11.5 Å². The lowest BCUT2D eigenvalue weighted by Crippen LogP contribution is -2.17. The Bertz CT molecular complexity index is 553. The van der Waals surface area contributed by atoms with Crippen LogP contribution in [-0.4, -0.2) is 32.4 Å². The number of ether oxygens (including phenoxy) is 1. The minimum Gasteiger partial charge on any atom is -0.464 e. The van der Waals surface area contributed by atoms with Crippen LogP contribution < -0.4 is 0 Å². The van der Waals surface area contributed by atoms with E-state index in [1.165, 1.54) is 0 Å². The van der Waals surface area contributed by atoms with Gasteiger partial charge in [-0.3, -0.25) is 0 Å². The highest BCUT2D eigenvalue weighted by molar-refractivity contribution is 7.90. The molecule has 0 bridgehead atoms. The van der Waals surface area contributed by atoms with E-state index in [-0.39, 0.29) is 17.1 Å². The number of carbonyl (C=O) groups excluding carboxylic acids is 1. The number of carbonyl (C=O) groups is 1. The van der Waals surface area contributed by atoms with Gasteiger partial charge >= 0.3 is 5.97 Å². The maximum atomic E-state index is 13.6. The van der Waals surface area contributed by atoms with E-state index in [0.29, 0.717) is 0 Å². The lowest BCUT2D eigenvalue weighted by atomic mass is 10.1. The molecule has 1 rings (SSSR count). The maximum absolute atomic E-state index is 13.6. The van der Waals surface area contributed by atoms with Crippen molar-refractivity contribution in [1.82, 2.24) is 0 Å². The third-order valence-electron chi connectivity index (χ3n) is 2.20. The first-order valence-electron chi connectivity index (χ1n) is 5.11. The second kappa shape index (κ2) is 5.45. The smallest absolute Gasteiger partial charge is 0.339 e. The highest BCUT2D eigenvalue weighted by Crippen LogP contribution is 2.21. The number of aliphatic hydroxyl groups excluding tert-OH is 1. The Labute approximate surface area is 104 Å². The SMILES string of the molecule is CCOC(=O)C(O)c1ccc(S(C)(=O)=O)cc1F. The van der Waals surface area contributed by atoms with Gasteiger partial charge in [0.25, 0.3) is 0 Å². The number of hydrogen-bond acceptors (Lipinski definition) is 5. The fraction of sp³-hybridized carbons (Fsp3) is 0.364. The first-order chi connectivity index (χ1) is 8.27. The Balaban J connectivity index is 3.10. The Morgan fingerprint density at radius 3 is 2.56 bits per heavy atom. The van der Waals surface area contributed by atoms with Crippen LogP contribution in [0.4, 0.5) is 4.39 Å². The zero-order chi connectivity index (χ0) is 13.9. The molecule has 1 aromatic rings. The van der Waals surface area contributed by atoms with Crippen LogP contribution in [0.25, 0.3) is 0 Å². The minimum atomic E-state index is -3.54. The molecule has 1 N–H and O–H groups in total. The molecule has 1 unspecified atom stereocenters. The lowest BCUT2D eigenvalue weighted by Gasteiger charge is -2.11. The van der Waals surface area contributed by atoms with Crippen LogP contribution in [0.5, 0.6) is 0 Å². The van der Waals surface area contributed by atoms with Gasteiger partial charge in [-0.25, -0.2) is 17.6 Å². The summed E-state index contributed by atoms with van der Waals surface area (Å²) in [7, 11) is -3.54. The summed E-state index contributed by atoms with van der Waals surface area (Å²) in [6.45, 7) is 1.60. The van der Waals surface area contributed by atoms with Crippen molar-refractivity contribution in [3.63, 3.8) is 0 Å². The molecular formula is C11H13FO5S. The molecule has 5 nitrogen and oxygen atoms in total. The maximum Gasteiger partial charge on any atom is 0.339 e. The van der Waals surface area contributed by atoms with E-state index in [1.807, 2.05) is 0 Å². The number of esters is 1. The van der Waals surface area contributed by atoms with Gasteiger partial charge in [0.2, 0.25) is 0 Å². The summed E-state index contributed by atoms with van der Waals surface area (Å²) in [5.74, 6) is -1.96. The van der Waals surface area contributed by atoms with Crippen molar-refractivity contribution in [2.45, 2.75) is 17.9 Å². The number of rotatable bonds is 4. The normalized spacial score (nSPS) is 13.1. The third kappa shape index (κ3) is 3.27. The van der Waals surface area contributed by atoms with Crippen LogP contribution in [0.15, 0.2) is 23.1 Å². The fourth-order valence-electron chi connectivity index (χ4n) is 1.31. The van der Waals surface area contributed by atoms with Crippen molar-refractivity contribution >= 4 is 15.8 Å². The number of aliphatic hydroxyl groups is 1. The summed E-state index contributed by atoms with van der Waals surface area (Å²) < 4.78 is 40.5. The highest BCUT2D eigenvalue weighted by Gasteiger charge is 2.23. The van der Waals surface area contributed by atoms with Gasteiger partial charge in [0, 0.05) is 11.8 Å². The van der Waals surface area contributed by atoms with E-state index in [0.717, 1.165) is 24.5 Å². The summed E-state index contributed by atoms with van der Waals surface area (Å²) in [6, 6.07) is 2.93. The zero-order valence-corrected chi connectivity index (χ0v) is 10.7. The van der Waals surface area contributed by atoms with Gasteiger partial charge in [-0.1, -0.05) is 6.07 Å². The first-order valence-corrected chi connectivity index (χ1v) is 7.00. The average molecular weight is 276 g/mol. The molecule has 0 aliphatic heterocycles. The molecule has 0 aliphatic carbocycles. The molecule has 0 saturated carbocycles. The van der Waals surface area contributed by atoms with Crippen LogP contribution in [0, 0.1) is 5.82 Å². The first kappa shape index (κ1) is 14.6. The topological polar surface area (TPSA) is 80.7 Å². The standard InChI is InChI=1S/C11H13FO5S/c1-3-17-11(14)10(13)8-5-4-7(6-9(8)12)18(2,15)16/h4-6,10,13H,3H2,1-2H3. The van der Waals surface area contributed by atoms with Crippen molar-refractivity contribution < 1.29 is 27.4 Å². The van der Waals surface area contributed by atoms with Gasteiger partial charge in [-0.05, 0) is 19.1 Å². The van der Waals surface area contributed by atoms with Crippen LogP contribution in [0.1, 0.15) is 18.6 Å². The average Bonchev–Trinajstić information content (AvgIpc) is 2.27. The predicted molar refractivity (Wildman–Crippen MR) is 61.1 cm³/mol. The van der Waals surface area contributed by atoms with Crippen molar-refractivity contribution in [3.05, 3.63) is 29.6 Å². The number of halogens is 1. The summed E-state index contributed by atoms with van der Waals surface area (Å²) in [4.78, 5) is 11.0. The number of benzene rings is 1. The van der Waals surface area contributed by atoms with Crippen LogP contribution in [0.2, 0.25) is 0 Å². The Hall–Kier alpha value is -1.47. The molecule has 0 amide bonds. The molecule has 0 spiro atoms.